The number of carbonyl (C=O) groups is 2. The van der Waals surface area contributed by atoms with Gasteiger partial charge in [0.15, 0.2) is 0 Å². The van der Waals surface area contributed by atoms with Gasteiger partial charge in [-0.2, -0.15) is 0 Å². The summed E-state index contributed by atoms with van der Waals surface area (Å²) >= 11 is 0. The van der Waals surface area contributed by atoms with E-state index in [1.165, 1.54) is 17.0 Å². The zero-order valence-corrected chi connectivity index (χ0v) is 12.1. The summed E-state index contributed by atoms with van der Waals surface area (Å²) in [5.74, 6) is -2.12. The second kappa shape index (κ2) is 6.22. The monoisotopic (exact) mass is 294 g/mol. The predicted octanol–water partition coefficient (Wildman–Crippen LogP) is 1.30. The number of aliphatic hydroxyl groups excluding tert-OH is 1. The number of β-amino-alcohol motifs (C(OH)–C–C–N with tert-alkyl or cyclic N) is 1. The highest BCUT2D eigenvalue weighted by Crippen LogP contribution is 2.18. The number of halogens is 1. The van der Waals surface area contributed by atoms with Crippen molar-refractivity contribution >= 4 is 17.5 Å². The van der Waals surface area contributed by atoms with Gasteiger partial charge in [-0.15, -0.1) is 0 Å². The van der Waals surface area contributed by atoms with Crippen LogP contribution in [-0.4, -0.2) is 41.0 Å². The minimum Gasteiger partial charge on any atom is -0.391 e. The van der Waals surface area contributed by atoms with E-state index in [4.69, 9.17) is 0 Å². The minimum absolute atomic E-state index is 0.0233. The van der Waals surface area contributed by atoms with Crippen LogP contribution >= 0.6 is 0 Å². The van der Waals surface area contributed by atoms with Crippen LogP contribution in [0.4, 0.5) is 10.1 Å². The molecule has 2 atom stereocenters. The fourth-order valence-corrected chi connectivity index (χ4v) is 2.27. The maximum Gasteiger partial charge on any atom is 0.313 e. The van der Waals surface area contributed by atoms with Gasteiger partial charge >= 0.3 is 11.8 Å². The molecule has 6 heteroatoms. The number of nitrogens with zero attached hydrogens (tertiary/aromatic N) is 1. The molecule has 2 N–H and O–H groups in total. The third kappa shape index (κ3) is 3.58. The van der Waals surface area contributed by atoms with Crippen LogP contribution in [0.1, 0.15) is 18.9 Å². The summed E-state index contributed by atoms with van der Waals surface area (Å²) in [6, 6.07) is 4.35. The normalized spacial score (nSPS) is 22.0. The van der Waals surface area contributed by atoms with Crippen molar-refractivity contribution in [3.8, 4) is 0 Å². The lowest BCUT2D eigenvalue weighted by atomic mass is 9.96. The molecule has 1 saturated heterocycles. The molecule has 1 aliphatic heterocycles. The molecule has 2 amide bonds. The number of aryl methyl sites for hydroxylation is 1. The van der Waals surface area contributed by atoms with Crippen molar-refractivity contribution in [2.45, 2.75) is 26.4 Å². The zero-order chi connectivity index (χ0) is 15.6. The van der Waals surface area contributed by atoms with Crippen molar-refractivity contribution in [2.24, 2.45) is 5.92 Å². The van der Waals surface area contributed by atoms with Gasteiger partial charge in [-0.25, -0.2) is 4.39 Å². The standard InChI is InChI=1S/C15H19FN2O3/c1-9-3-4-12(11(16)7-9)17-14(20)15(21)18-6-5-10(2)13(19)8-18/h3-4,7,10,13,19H,5-6,8H2,1-2H3,(H,17,20). The van der Waals surface area contributed by atoms with E-state index in [0.29, 0.717) is 13.0 Å². The second-order valence-electron chi connectivity index (χ2n) is 5.52. The number of nitrogens with one attached hydrogen (secondary N) is 1. The second-order valence-corrected chi connectivity index (χ2v) is 5.52. The van der Waals surface area contributed by atoms with Crippen molar-refractivity contribution in [1.29, 1.82) is 0 Å². The maximum absolute atomic E-state index is 13.7. The van der Waals surface area contributed by atoms with Crippen molar-refractivity contribution in [1.82, 2.24) is 4.90 Å². The predicted molar refractivity (Wildman–Crippen MR) is 76.1 cm³/mol. The lowest BCUT2D eigenvalue weighted by Crippen LogP contribution is -2.49. The number of benzene rings is 1. The minimum atomic E-state index is -0.889. The summed E-state index contributed by atoms with van der Waals surface area (Å²) in [4.78, 5) is 25.2. The summed E-state index contributed by atoms with van der Waals surface area (Å²) < 4.78 is 13.7. The van der Waals surface area contributed by atoms with E-state index >= 15 is 0 Å². The molecule has 1 aromatic rings. The van der Waals surface area contributed by atoms with Crippen molar-refractivity contribution in [3.63, 3.8) is 0 Å². The Morgan fingerprint density at radius 2 is 2.14 bits per heavy atom. The van der Waals surface area contributed by atoms with Gasteiger partial charge < -0.3 is 15.3 Å². The third-order valence-corrected chi connectivity index (χ3v) is 3.77. The number of carbonyl (C=O) groups excluding carboxylic acids is 2. The molecule has 5 nitrogen and oxygen atoms in total. The smallest absolute Gasteiger partial charge is 0.313 e. The van der Waals surface area contributed by atoms with E-state index in [0.717, 1.165) is 5.56 Å². The Labute approximate surface area is 122 Å². The molecule has 0 saturated carbocycles. The fourth-order valence-electron chi connectivity index (χ4n) is 2.27. The zero-order valence-electron chi connectivity index (χ0n) is 12.1. The van der Waals surface area contributed by atoms with Gasteiger partial charge in [0, 0.05) is 13.1 Å². The molecule has 0 aliphatic carbocycles. The number of hydrogen-bond donors (Lipinski definition) is 2. The Balaban J connectivity index is 2.01. The molecule has 1 heterocycles. The Morgan fingerprint density at radius 3 is 2.76 bits per heavy atom. The summed E-state index contributed by atoms with van der Waals surface area (Å²) in [5.41, 5.74) is 0.704. The Hall–Kier alpha value is -1.95. The van der Waals surface area contributed by atoms with Crippen molar-refractivity contribution in [2.75, 3.05) is 18.4 Å². The summed E-state index contributed by atoms with van der Waals surface area (Å²) in [6.07, 6.45) is 0.00521. The average Bonchev–Trinajstić information content (AvgIpc) is 2.44. The highest BCUT2D eigenvalue weighted by atomic mass is 19.1. The van der Waals surface area contributed by atoms with Crippen LogP contribution in [-0.2, 0) is 9.59 Å². The molecular weight excluding hydrogens is 275 g/mol. The van der Waals surface area contributed by atoms with Crippen LogP contribution in [0, 0.1) is 18.7 Å². The van der Waals surface area contributed by atoms with Gasteiger partial charge in [0.25, 0.3) is 0 Å². The largest absolute Gasteiger partial charge is 0.391 e. The lowest BCUT2D eigenvalue weighted by Gasteiger charge is -2.33. The Kier molecular flexibility index (Phi) is 4.57. The maximum atomic E-state index is 13.7. The molecule has 1 fully saturated rings. The van der Waals surface area contributed by atoms with Crippen LogP contribution in [0.5, 0.6) is 0 Å². The summed E-state index contributed by atoms with van der Waals surface area (Å²) in [5, 5.41) is 12.0. The molecule has 0 spiro atoms. The number of likely N-dealkylation sites (tertiary alicyclic amines) is 1. The van der Waals surface area contributed by atoms with Crippen molar-refractivity contribution < 1.29 is 19.1 Å². The third-order valence-electron chi connectivity index (χ3n) is 3.77. The first-order valence-electron chi connectivity index (χ1n) is 6.93. The molecule has 0 aromatic heterocycles. The lowest BCUT2D eigenvalue weighted by molar-refractivity contribution is -0.146. The highest BCUT2D eigenvalue weighted by Gasteiger charge is 2.30. The Morgan fingerprint density at radius 1 is 1.43 bits per heavy atom. The van der Waals surface area contributed by atoms with Gasteiger partial charge in [-0.3, -0.25) is 9.59 Å². The van der Waals surface area contributed by atoms with Crippen LogP contribution < -0.4 is 5.32 Å². The molecule has 114 valence electrons. The molecule has 2 rings (SSSR count). The van der Waals surface area contributed by atoms with Crippen LogP contribution in [0.15, 0.2) is 18.2 Å². The van der Waals surface area contributed by atoms with E-state index < -0.39 is 23.7 Å². The topological polar surface area (TPSA) is 69.6 Å². The number of anilines is 1. The fraction of sp³-hybridized carbons (Fsp3) is 0.467. The van der Waals surface area contributed by atoms with Gasteiger partial charge in [-0.1, -0.05) is 13.0 Å². The number of hydrogen-bond acceptors (Lipinski definition) is 3. The van der Waals surface area contributed by atoms with E-state index in [1.54, 1.807) is 13.0 Å². The quantitative estimate of drug-likeness (QED) is 0.767. The van der Waals surface area contributed by atoms with E-state index in [-0.39, 0.29) is 18.2 Å². The van der Waals surface area contributed by atoms with Gasteiger partial charge in [0.2, 0.25) is 0 Å². The summed E-state index contributed by atoms with van der Waals surface area (Å²) in [7, 11) is 0. The molecule has 0 bridgehead atoms. The summed E-state index contributed by atoms with van der Waals surface area (Å²) in [6.45, 7) is 4.18. The number of amides is 2. The van der Waals surface area contributed by atoms with Crippen LogP contribution in [0.2, 0.25) is 0 Å². The Bertz CT molecular complexity index is 562. The van der Waals surface area contributed by atoms with Gasteiger partial charge in [0.05, 0.1) is 11.8 Å². The highest BCUT2D eigenvalue weighted by molar-refractivity contribution is 6.39. The molecule has 2 unspecified atom stereocenters. The SMILES string of the molecule is Cc1ccc(NC(=O)C(=O)N2CCC(C)C(O)C2)c(F)c1. The van der Waals surface area contributed by atoms with E-state index in [2.05, 4.69) is 5.32 Å². The number of aliphatic hydroxyl groups is 1. The molecular formula is C15H19FN2O3. The van der Waals surface area contributed by atoms with Crippen LogP contribution in [0.25, 0.3) is 0 Å². The van der Waals surface area contributed by atoms with Gasteiger partial charge in [0.1, 0.15) is 5.82 Å². The first kappa shape index (κ1) is 15.4. The first-order chi connectivity index (χ1) is 9.88. The van der Waals surface area contributed by atoms with Crippen molar-refractivity contribution in [3.05, 3.63) is 29.6 Å². The van der Waals surface area contributed by atoms with Gasteiger partial charge in [-0.05, 0) is 37.0 Å². The molecule has 0 radical (unpaired) electrons. The van der Waals surface area contributed by atoms with E-state index in [1.807, 2.05) is 6.92 Å². The van der Waals surface area contributed by atoms with E-state index in [9.17, 15) is 19.1 Å². The average molecular weight is 294 g/mol. The molecule has 1 aliphatic rings. The number of rotatable bonds is 1. The number of piperidine rings is 1. The molecule has 1 aromatic carbocycles. The first-order valence-corrected chi connectivity index (χ1v) is 6.93. The molecule has 21 heavy (non-hydrogen) atoms. The van der Waals surface area contributed by atoms with Crippen LogP contribution in [0.3, 0.4) is 0 Å².